The summed E-state index contributed by atoms with van der Waals surface area (Å²) in [5, 5.41) is 5.18. The molecule has 2 N–H and O–H groups in total. The number of aryl methyl sites for hydroxylation is 1. The Morgan fingerprint density at radius 3 is 2.41 bits per heavy atom. The van der Waals surface area contributed by atoms with Crippen molar-refractivity contribution < 1.29 is 8.42 Å². The molecule has 0 saturated carbocycles. The molecule has 2 rings (SSSR count). The van der Waals surface area contributed by atoms with Crippen LogP contribution in [0, 0.1) is 6.92 Å². The zero-order valence-electron chi connectivity index (χ0n) is 9.29. The molecule has 0 aliphatic heterocycles. The number of hydrogen-bond donors (Lipinski definition) is 1. The second kappa shape index (κ2) is 4.27. The third-order valence-corrected chi connectivity index (χ3v) is 3.39. The summed E-state index contributed by atoms with van der Waals surface area (Å²) < 4.78 is 22.9. The first-order valence-electron chi connectivity index (χ1n) is 5.03. The Kier molecular flexibility index (Phi) is 2.95. The fraction of sp³-hybridized carbons (Fsp3) is 0.0833. The molecule has 0 unspecified atom stereocenters. The van der Waals surface area contributed by atoms with Gasteiger partial charge in [0.25, 0.3) is 0 Å². The monoisotopic (exact) mass is 248 g/mol. The molecule has 1 aromatic carbocycles. The van der Waals surface area contributed by atoms with Crippen molar-refractivity contribution in [2.45, 2.75) is 11.8 Å². The highest BCUT2D eigenvalue weighted by atomic mass is 32.2. The van der Waals surface area contributed by atoms with Crippen LogP contribution < -0.4 is 5.14 Å². The van der Waals surface area contributed by atoms with Crippen molar-refractivity contribution in [2.24, 2.45) is 5.14 Å². The van der Waals surface area contributed by atoms with Crippen molar-refractivity contribution in [1.82, 2.24) is 4.98 Å². The summed E-state index contributed by atoms with van der Waals surface area (Å²) in [7, 11) is -3.72. The average molecular weight is 248 g/mol. The van der Waals surface area contributed by atoms with Crippen LogP contribution in [0.2, 0.25) is 0 Å². The van der Waals surface area contributed by atoms with E-state index in [0.29, 0.717) is 5.56 Å². The number of benzene rings is 1. The van der Waals surface area contributed by atoms with Crippen LogP contribution in [0.15, 0.2) is 47.5 Å². The number of pyridine rings is 1. The first kappa shape index (κ1) is 11.8. The van der Waals surface area contributed by atoms with Crippen LogP contribution in [-0.2, 0) is 10.0 Å². The number of aromatic nitrogens is 1. The SMILES string of the molecule is Cc1ccc(-c2ccccc2S(N)(=O)=O)cn1. The van der Waals surface area contributed by atoms with Gasteiger partial charge in [-0.3, -0.25) is 4.98 Å². The van der Waals surface area contributed by atoms with Crippen molar-refractivity contribution in [2.75, 3.05) is 0 Å². The van der Waals surface area contributed by atoms with Crippen molar-refractivity contribution in [3.63, 3.8) is 0 Å². The van der Waals surface area contributed by atoms with Gasteiger partial charge in [-0.05, 0) is 19.1 Å². The lowest BCUT2D eigenvalue weighted by Crippen LogP contribution is -2.13. The molecule has 5 heteroatoms. The van der Waals surface area contributed by atoms with Gasteiger partial charge >= 0.3 is 0 Å². The van der Waals surface area contributed by atoms with Crippen LogP contribution in [0.4, 0.5) is 0 Å². The maximum absolute atomic E-state index is 11.5. The van der Waals surface area contributed by atoms with E-state index in [1.807, 2.05) is 19.1 Å². The number of hydrogen-bond acceptors (Lipinski definition) is 3. The lowest BCUT2D eigenvalue weighted by atomic mass is 10.1. The second-order valence-electron chi connectivity index (χ2n) is 3.73. The molecule has 17 heavy (non-hydrogen) atoms. The molecular weight excluding hydrogens is 236 g/mol. The summed E-state index contributed by atoms with van der Waals surface area (Å²) in [5.41, 5.74) is 2.18. The maximum atomic E-state index is 11.5. The molecule has 0 bridgehead atoms. The summed E-state index contributed by atoms with van der Waals surface area (Å²) in [6.07, 6.45) is 1.64. The first-order chi connectivity index (χ1) is 7.98. The lowest BCUT2D eigenvalue weighted by molar-refractivity contribution is 0.598. The topological polar surface area (TPSA) is 73.1 Å². The number of nitrogens with zero attached hydrogens (tertiary/aromatic N) is 1. The minimum Gasteiger partial charge on any atom is -0.261 e. The molecule has 0 fully saturated rings. The second-order valence-corrected chi connectivity index (χ2v) is 5.26. The molecule has 0 atom stereocenters. The number of rotatable bonds is 2. The first-order valence-corrected chi connectivity index (χ1v) is 6.58. The van der Waals surface area contributed by atoms with Gasteiger partial charge in [-0.25, -0.2) is 13.6 Å². The highest BCUT2D eigenvalue weighted by molar-refractivity contribution is 7.89. The van der Waals surface area contributed by atoms with Gasteiger partial charge in [0.05, 0.1) is 4.90 Å². The van der Waals surface area contributed by atoms with Crippen molar-refractivity contribution in [1.29, 1.82) is 0 Å². The molecular formula is C12H12N2O2S. The van der Waals surface area contributed by atoms with Gasteiger partial charge in [-0.15, -0.1) is 0 Å². The number of nitrogens with two attached hydrogens (primary N) is 1. The van der Waals surface area contributed by atoms with Gasteiger partial charge < -0.3 is 0 Å². The van der Waals surface area contributed by atoms with E-state index >= 15 is 0 Å². The predicted octanol–water partition coefficient (Wildman–Crippen LogP) is 1.70. The zero-order valence-corrected chi connectivity index (χ0v) is 10.1. The van der Waals surface area contributed by atoms with Gasteiger partial charge in [0.2, 0.25) is 10.0 Å². The maximum Gasteiger partial charge on any atom is 0.238 e. The fourth-order valence-electron chi connectivity index (χ4n) is 1.58. The highest BCUT2D eigenvalue weighted by Crippen LogP contribution is 2.25. The molecule has 1 heterocycles. The van der Waals surface area contributed by atoms with Crippen LogP contribution in [0.25, 0.3) is 11.1 Å². The molecule has 0 aliphatic rings. The van der Waals surface area contributed by atoms with Gasteiger partial charge in [0.1, 0.15) is 0 Å². The van der Waals surface area contributed by atoms with Crippen molar-refractivity contribution in [3.05, 3.63) is 48.3 Å². The molecule has 1 aromatic heterocycles. The van der Waals surface area contributed by atoms with Gasteiger partial charge in [-0.1, -0.05) is 24.3 Å². The Balaban J connectivity index is 2.64. The summed E-state index contributed by atoms with van der Waals surface area (Å²) in [6.45, 7) is 1.87. The molecule has 0 saturated heterocycles. The van der Waals surface area contributed by atoms with Crippen LogP contribution in [0.3, 0.4) is 0 Å². The molecule has 0 amide bonds. The minimum atomic E-state index is -3.72. The molecule has 4 nitrogen and oxygen atoms in total. The quantitative estimate of drug-likeness (QED) is 0.879. The van der Waals surface area contributed by atoms with Gasteiger partial charge in [-0.2, -0.15) is 0 Å². The Bertz CT molecular complexity index is 634. The largest absolute Gasteiger partial charge is 0.261 e. The van der Waals surface area contributed by atoms with Crippen LogP contribution >= 0.6 is 0 Å². The van der Waals surface area contributed by atoms with Gasteiger partial charge in [0, 0.05) is 23.0 Å². The molecule has 0 aliphatic carbocycles. The summed E-state index contributed by atoms with van der Waals surface area (Å²) in [6, 6.07) is 10.3. The van der Waals surface area contributed by atoms with Crippen LogP contribution in [-0.4, -0.2) is 13.4 Å². The lowest BCUT2D eigenvalue weighted by Gasteiger charge is -2.07. The zero-order chi connectivity index (χ0) is 12.5. The van der Waals surface area contributed by atoms with Crippen molar-refractivity contribution in [3.8, 4) is 11.1 Å². The Morgan fingerprint density at radius 1 is 1.12 bits per heavy atom. The molecule has 0 spiro atoms. The van der Waals surface area contributed by atoms with Crippen LogP contribution in [0.1, 0.15) is 5.69 Å². The van der Waals surface area contributed by atoms with E-state index in [4.69, 9.17) is 5.14 Å². The molecule has 2 aromatic rings. The Hall–Kier alpha value is -1.72. The van der Waals surface area contributed by atoms with Gasteiger partial charge in [0.15, 0.2) is 0 Å². The Morgan fingerprint density at radius 2 is 1.82 bits per heavy atom. The normalized spacial score (nSPS) is 11.4. The molecule has 88 valence electrons. The van der Waals surface area contributed by atoms with Crippen LogP contribution in [0.5, 0.6) is 0 Å². The minimum absolute atomic E-state index is 0.116. The van der Waals surface area contributed by atoms with E-state index < -0.39 is 10.0 Å². The fourth-order valence-corrected chi connectivity index (χ4v) is 2.34. The summed E-state index contributed by atoms with van der Waals surface area (Å²) in [5.74, 6) is 0. The number of sulfonamides is 1. The van der Waals surface area contributed by atoms with Crippen molar-refractivity contribution >= 4 is 10.0 Å². The van der Waals surface area contributed by atoms with E-state index in [1.54, 1.807) is 24.4 Å². The van der Waals surface area contributed by atoms with E-state index in [-0.39, 0.29) is 4.90 Å². The summed E-state index contributed by atoms with van der Waals surface area (Å²) in [4.78, 5) is 4.26. The Labute approximate surface area is 100 Å². The average Bonchev–Trinajstić information content (AvgIpc) is 2.29. The molecule has 0 radical (unpaired) electrons. The third kappa shape index (κ3) is 2.51. The standard InChI is InChI=1S/C12H12N2O2S/c1-9-6-7-10(8-14-9)11-4-2-3-5-12(11)17(13,15)16/h2-8H,1H3,(H2,13,15,16). The van der Waals surface area contributed by atoms with E-state index in [9.17, 15) is 8.42 Å². The third-order valence-electron chi connectivity index (χ3n) is 2.42. The smallest absolute Gasteiger partial charge is 0.238 e. The highest BCUT2D eigenvalue weighted by Gasteiger charge is 2.14. The van der Waals surface area contributed by atoms with E-state index in [1.165, 1.54) is 6.07 Å². The number of primary sulfonamides is 1. The predicted molar refractivity (Wildman–Crippen MR) is 65.8 cm³/mol. The van der Waals surface area contributed by atoms with E-state index in [2.05, 4.69) is 4.98 Å². The van der Waals surface area contributed by atoms with E-state index in [0.717, 1.165) is 11.3 Å². The summed E-state index contributed by atoms with van der Waals surface area (Å²) >= 11 is 0.